The van der Waals surface area contributed by atoms with Gasteiger partial charge in [-0.05, 0) is 13.8 Å². The van der Waals surface area contributed by atoms with Crippen LogP contribution in [0.5, 0.6) is 0 Å². The molecule has 2 fully saturated rings. The van der Waals surface area contributed by atoms with E-state index in [9.17, 15) is 8.78 Å². The smallest absolute Gasteiger partial charge is 0.267 e. The lowest BCUT2D eigenvalue weighted by atomic mass is 10.1. The Morgan fingerprint density at radius 1 is 1.22 bits per heavy atom. The van der Waals surface area contributed by atoms with Crippen LogP contribution < -0.4 is 5.73 Å². The molecule has 2 aromatic rings. The summed E-state index contributed by atoms with van der Waals surface area (Å²) in [5.41, 5.74) is 6.52. The first-order chi connectivity index (χ1) is 10.9. The molecule has 4 rings (SSSR count). The van der Waals surface area contributed by atoms with Crippen molar-refractivity contribution >= 4 is 17.0 Å². The Bertz CT molecular complexity index is 752. The number of ether oxygens (including phenoxy) is 3. The zero-order valence-electron chi connectivity index (χ0n) is 12.4. The van der Waals surface area contributed by atoms with E-state index < -0.39 is 36.8 Å². The largest absolute Gasteiger partial charge is 0.382 e. The van der Waals surface area contributed by atoms with E-state index in [1.54, 1.807) is 13.8 Å². The number of nitrogen functional groups attached to an aromatic ring is 1. The number of aromatic nitrogens is 4. The summed E-state index contributed by atoms with van der Waals surface area (Å²) in [6.45, 7) is 3.36. The molecule has 2 aromatic heterocycles. The lowest BCUT2D eigenvalue weighted by Gasteiger charge is -2.24. The Labute approximate surface area is 129 Å². The molecule has 0 amide bonds. The summed E-state index contributed by atoms with van der Waals surface area (Å²) in [4.78, 5) is 12.1. The number of anilines is 1. The molecule has 4 atom stereocenters. The number of nitrogens with two attached hydrogens (primary N) is 1. The topological polar surface area (TPSA) is 97.3 Å². The van der Waals surface area contributed by atoms with Crippen LogP contribution in [-0.2, 0) is 14.2 Å². The molecule has 8 nitrogen and oxygen atoms in total. The Hall–Kier alpha value is -1.91. The van der Waals surface area contributed by atoms with Gasteiger partial charge in [0.05, 0.1) is 6.33 Å². The van der Waals surface area contributed by atoms with E-state index in [2.05, 4.69) is 15.0 Å². The van der Waals surface area contributed by atoms with Crippen molar-refractivity contribution < 1.29 is 23.0 Å². The summed E-state index contributed by atoms with van der Waals surface area (Å²) >= 11 is 0. The predicted molar refractivity (Wildman–Crippen MR) is 73.5 cm³/mol. The van der Waals surface area contributed by atoms with Crippen molar-refractivity contribution in [1.29, 1.82) is 0 Å². The molecule has 0 bridgehead atoms. The number of nitrogens with zero attached hydrogens (tertiary/aromatic N) is 4. The van der Waals surface area contributed by atoms with Gasteiger partial charge < -0.3 is 19.9 Å². The third-order valence-electron chi connectivity index (χ3n) is 3.97. The Morgan fingerprint density at radius 3 is 2.70 bits per heavy atom. The van der Waals surface area contributed by atoms with Crippen LogP contribution in [0.4, 0.5) is 14.6 Å². The standard InChI is InChI=1S/C13H15F2N5O3/c1-13(2)22-6-7(9(14)15)21-12(8(6)23-13)20-4-19-5-10(16)17-3-18-11(5)20/h3-4,6-9,12H,1-2H3,(H2,16,17,18)/t6-,7+,8-,12-/m1/s1. The molecule has 0 aromatic carbocycles. The molecule has 2 saturated heterocycles. The minimum Gasteiger partial charge on any atom is -0.382 e. The van der Waals surface area contributed by atoms with E-state index in [0.717, 1.165) is 0 Å². The number of alkyl halides is 2. The van der Waals surface area contributed by atoms with Crippen molar-refractivity contribution in [2.45, 2.75) is 50.6 Å². The molecular weight excluding hydrogens is 312 g/mol. The van der Waals surface area contributed by atoms with Gasteiger partial charge in [0.25, 0.3) is 6.43 Å². The first-order valence-electron chi connectivity index (χ1n) is 7.09. The zero-order chi connectivity index (χ0) is 16.4. The highest BCUT2D eigenvalue weighted by Gasteiger charge is 2.58. The SMILES string of the molecule is CC1(C)O[C@@H]2[C@H](O1)[C@@H](C(F)F)O[C@H]2n1cnc2c(N)ncnc21. The maximum atomic E-state index is 13.3. The van der Waals surface area contributed by atoms with Crippen molar-refractivity contribution in [3.05, 3.63) is 12.7 Å². The van der Waals surface area contributed by atoms with Gasteiger partial charge in [-0.1, -0.05) is 0 Å². The average molecular weight is 327 g/mol. The molecule has 0 saturated carbocycles. The lowest BCUT2D eigenvalue weighted by Crippen LogP contribution is -2.34. The predicted octanol–water partition coefficient (Wildman–Crippen LogP) is 1.09. The molecule has 2 aliphatic heterocycles. The molecular formula is C13H15F2N5O3. The quantitative estimate of drug-likeness (QED) is 0.882. The summed E-state index contributed by atoms with van der Waals surface area (Å²) in [6, 6.07) is 0. The van der Waals surface area contributed by atoms with Crippen LogP contribution in [0.1, 0.15) is 20.1 Å². The fourth-order valence-electron chi connectivity index (χ4n) is 3.09. The monoisotopic (exact) mass is 327 g/mol. The molecule has 0 radical (unpaired) electrons. The Kier molecular flexibility index (Phi) is 3.06. The lowest BCUT2D eigenvalue weighted by molar-refractivity contribution is -0.210. The molecule has 23 heavy (non-hydrogen) atoms. The third-order valence-corrected chi connectivity index (χ3v) is 3.97. The highest BCUT2D eigenvalue weighted by molar-refractivity contribution is 5.81. The fraction of sp³-hybridized carbons (Fsp3) is 0.615. The van der Waals surface area contributed by atoms with Gasteiger partial charge in [0.2, 0.25) is 0 Å². The highest BCUT2D eigenvalue weighted by atomic mass is 19.3. The van der Waals surface area contributed by atoms with E-state index >= 15 is 0 Å². The van der Waals surface area contributed by atoms with E-state index in [-0.39, 0.29) is 5.82 Å². The van der Waals surface area contributed by atoms with Crippen LogP contribution in [0.25, 0.3) is 11.2 Å². The van der Waals surface area contributed by atoms with Crippen molar-refractivity contribution in [2.24, 2.45) is 0 Å². The second-order valence-corrected chi connectivity index (χ2v) is 5.97. The molecule has 2 aliphatic rings. The van der Waals surface area contributed by atoms with Crippen molar-refractivity contribution in [3.63, 3.8) is 0 Å². The first kappa shape index (κ1) is 14.7. The van der Waals surface area contributed by atoms with Crippen molar-refractivity contribution in [2.75, 3.05) is 5.73 Å². The molecule has 4 heterocycles. The molecule has 10 heteroatoms. The van der Waals surface area contributed by atoms with Crippen LogP contribution in [0, 0.1) is 0 Å². The summed E-state index contributed by atoms with van der Waals surface area (Å²) < 4.78 is 45.0. The summed E-state index contributed by atoms with van der Waals surface area (Å²) in [7, 11) is 0. The van der Waals surface area contributed by atoms with Crippen LogP contribution in [0.2, 0.25) is 0 Å². The summed E-state index contributed by atoms with van der Waals surface area (Å²) in [6.07, 6.45) is -3.77. The average Bonchev–Trinajstić information content (AvgIpc) is 3.09. The number of hydrogen-bond donors (Lipinski definition) is 1. The van der Waals surface area contributed by atoms with Gasteiger partial charge in [0.15, 0.2) is 23.5 Å². The van der Waals surface area contributed by atoms with Gasteiger partial charge in [-0.2, -0.15) is 0 Å². The molecule has 0 unspecified atom stereocenters. The minimum atomic E-state index is -2.69. The zero-order valence-corrected chi connectivity index (χ0v) is 12.4. The third kappa shape index (κ3) is 2.17. The van der Waals surface area contributed by atoms with Gasteiger partial charge in [-0.25, -0.2) is 23.7 Å². The van der Waals surface area contributed by atoms with Gasteiger partial charge in [-0.15, -0.1) is 0 Å². The normalized spacial score (nSPS) is 32.7. The van der Waals surface area contributed by atoms with E-state index in [0.29, 0.717) is 11.2 Å². The van der Waals surface area contributed by atoms with Gasteiger partial charge in [0.1, 0.15) is 30.2 Å². The molecule has 0 spiro atoms. The number of fused-ring (bicyclic) bond motifs is 2. The summed E-state index contributed by atoms with van der Waals surface area (Å²) in [5.74, 6) is -0.757. The van der Waals surface area contributed by atoms with Crippen LogP contribution in [0.3, 0.4) is 0 Å². The maximum absolute atomic E-state index is 13.3. The molecule has 124 valence electrons. The molecule has 0 aliphatic carbocycles. The number of hydrogen-bond acceptors (Lipinski definition) is 7. The number of rotatable bonds is 2. The van der Waals surface area contributed by atoms with Gasteiger partial charge in [-0.3, -0.25) is 4.57 Å². The Balaban J connectivity index is 1.77. The van der Waals surface area contributed by atoms with Crippen LogP contribution in [-0.4, -0.2) is 50.0 Å². The highest BCUT2D eigenvalue weighted by Crippen LogP contribution is 2.45. The number of imidazole rings is 1. The van der Waals surface area contributed by atoms with Crippen LogP contribution >= 0.6 is 0 Å². The second kappa shape index (κ2) is 4.79. The van der Waals surface area contributed by atoms with Crippen molar-refractivity contribution in [1.82, 2.24) is 19.5 Å². The fourth-order valence-corrected chi connectivity index (χ4v) is 3.09. The van der Waals surface area contributed by atoms with E-state index in [1.807, 2.05) is 0 Å². The van der Waals surface area contributed by atoms with E-state index in [1.165, 1.54) is 17.2 Å². The minimum absolute atomic E-state index is 0.206. The first-order valence-corrected chi connectivity index (χ1v) is 7.09. The van der Waals surface area contributed by atoms with E-state index in [4.69, 9.17) is 19.9 Å². The summed E-state index contributed by atoms with van der Waals surface area (Å²) in [5, 5.41) is 0. The Morgan fingerprint density at radius 2 is 1.96 bits per heavy atom. The van der Waals surface area contributed by atoms with Crippen molar-refractivity contribution in [3.8, 4) is 0 Å². The second-order valence-electron chi connectivity index (χ2n) is 5.97. The number of halogens is 2. The van der Waals surface area contributed by atoms with Gasteiger partial charge >= 0.3 is 0 Å². The van der Waals surface area contributed by atoms with Crippen LogP contribution in [0.15, 0.2) is 12.7 Å². The van der Waals surface area contributed by atoms with Gasteiger partial charge in [0, 0.05) is 0 Å². The molecule has 2 N–H and O–H groups in total. The maximum Gasteiger partial charge on any atom is 0.267 e.